The highest BCUT2D eigenvalue weighted by Crippen LogP contribution is 2.38. The number of rotatable bonds is 1. The third-order valence-electron chi connectivity index (χ3n) is 2.53. The van der Waals surface area contributed by atoms with Crippen LogP contribution in [0, 0.1) is 0 Å². The lowest BCUT2D eigenvalue weighted by atomic mass is 10.1. The first kappa shape index (κ1) is 9.40. The molecule has 0 radical (unpaired) electrons. The first-order valence-electron chi connectivity index (χ1n) is 4.72. The summed E-state index contributed by atoms with van der Waals surface area (Å²) >= 11 is 0. The molecule has 0 saturated carbocycles. The quantitative estimate of drug-likeness (QED) is 0.655. The van der Waals surface area contributed by atoms with Gasteiger partial charge < -0.3 is 19.3 Å². The van der Waals surface area contributed by atoms with Crippen molar-refractivity contribution in [2.75, 3.05) is 0 Å². The molecule has 13 heavy (non-hydrogen) atoms. The van der Waals surface area contributed by atoms with Crippen LogP contribution in [0.5, 0.6) is 0 Å². The molecule has 2 saturated heterocycles. The molecule has 4 atom stereocenters. The molecule has 0 spiro atoms. The Morgan fingerprint density at radius 1 is 1.23 bits per heavy atom. The van der Waals surface area contributed by atoms with E-state index in [1.807, 2.05) is 20.8 Å². The minimum absolute atomic E-state index is 0.0400. The molecule has 0 aromatic heterocycles. The van der Waals surface area contributed by atoms with Gasteiger partial charge in [0.1, 0.15) is 12.2 Å². The second-order valence-corrected chi connectivity index (χ2v) is 4.04. The molecule has 4 nitrogen and oxygen atoms in total. The topological polar surface area (TPSA) is 47.9 Å². The van der Waals surface area contributed by atoms with Crippen molar-refractivity contribution in [3.8, 4) is 0 Å². The second-order valence-electron chi connectivity index (χ2n) is 4.04. The smallest absolute Gasteiger partial charge is 0.184 e. The highest BCUT2D eigenvalue weighted by atomic mass is 16.8. The van der Waals surface area contributed by atoms with E-state index in [2.05, 4.69) is 0 Å². The summed E-state index contributed by atoms with van der Waals surface area (Å²) in [6.07, 6.45) is -0.481. The summed E-state index contributed by atoms with van der Waals surface area (Å²) in [5, 5.41) is 9.51. The van der Waals surface area contributed by atoms with Crippen molar-refractivity contribution in [3.63, 3.8) is 0 Å². The van der Waals surface area contributed by atoms with Gasteiger partial charge >= 0.3 is 0 Å². The van der Waals surface area contributed by atoms with E-state index in [-0.39, 0.29) is 18.3 Å². The monoisotopic (exact) mass is 188 g/mol. The molecule has 1 unspecified atom stereocenters. The summed E-state index contributed by atoms with van der Waals surface area (Å²) in [7, 11) is 0. The minimum Gasteiger partial charge on any atom is -0.366 e. The number of hydrogen-bond acceptors (Lipinski definition) is 4. The fourth-order valence-corrected chi connectivity index (χ4v) is 1.99. The van der Waals surface area contributed by atoms with Crippen molar-refractivity contribution in [2.24, 2.45) is 0 Å². The second kappa shape index (κ2) is 2.92. The molecule has 2 aliphatic heterocycles. The normalized spacial score (nSPS) is 48.0. The standard InChI is InChI=1S/C9H16O4/c1-4-5-6-7(8(10)11-5)13-9(2,3)12-6/h5-8,10H,4H2,1-3H3/t5-,6+,7+,8?/m0/s1. The predicted molar refractivity (Wildman–Crippen MR) is 45.0 cm³/mol. The zero-order chi connectivity index (χ0) is 9.64. The van der Waals surface area contributed by atoms with Gasteiger partial charge in [-0.3, -0.25) is 0 Å². The molecule has 4 heteroatoms. The average molecular weight is 188 g/mol. The molecule has 0 amide bonds. The Morgan fingerprint density at radius 3 is 2.46 bits per heavy atom. The van der Waals surface area contributed by atoms with Gasteiger partial charge in [-0.05, 0) is 20.3 Å². The van der Waals surface area contributed by atoms with Crippen molar-refractivity contribution in [1.29, 1.82) is 0 Å². The van der Waals surface area contributed by atoms with Gasteiger partial charge in [0.2, 0.25) is 0 Å². The maximum absolute atomic E-state index is 9.51. The molecule has 0 bridgehead atoms. The number of hydrogen-bond donors (Lipinski definition) is 1. The summed E-state index contributed by atoms with van der Waals surface area (Å²) in [6.45, 7) is 5.71. The molecule has 0 aromatic rings. The summed E-state index contributed by atoms with van der Waals surface area (Å²) in [6, 6.07) is 0. The van der Waals surface area contributed by atoms with E-state index < -0.39 is 12.1 Å². The van der Waals surface area contributed by atoms with E-state index in [0.717, 1.165) is 6.42 Å². The van der Waals surface area contributed by atoms with Crippen LogP contribution in [0.3, 0.4) is 0 Å². The lowest BCUT2D eigenvalue weighted by Gasteiger charge is -2.21. The van der Waals surface area contributed by atoms with E-state index in [0.29, 0.717) is 0 Å². The van der Waals surface area contributed by atoms with Crippen LogP contribution in [-0.4, -0.2) is 35.5 Å². The number of aliphatic hydroxyl groups excluding tert-OH is 1. The Bertz CT molecular complexity index is 204. The van der Waals surface area contributed by atoms with Crippen LogP contribution in [0.15, 0.2) is 0 Å². The third kappa shape index (κ3) is 1.48. The van der Waals surface area contributed by atoms with E-state index in [1.54, 1.807) is 0 Å². The highest BCUT2D eigenvalue weighted by molar-refractivity contribution is 4.93. The van der Waals surface area contributed by atoms with Crippen molar-refractivity contribution in [3.05, 3.63) is 0 Å². The summed E-state index contributed by atoms with van der Waals surface area (Å²) in [5.74, 6) is -0.590. The van der Waals surface area contributed by atoms with Gasteiger partial charge in [-0.2, -0.15) is 0 Å². The summed E-state index contributed by atoms with van der Waals surface area (Å²) in [4.78, 5) is 0. The van der Waals surface area contributed by atoms with Crippen LogP contribution in [-0.2, 0) is 14.2 Å². The third-order valence-corrected chi connectivity index (χ3v) is 2.53. The lowest BCUT2D eigenvalue weighted by molar-refractivity contribution is -0.220. The Balaban J connectivity index is 2.12. The molecule has 0 aromatic carbocycles. The Kier molecular flexibility index (Phi) is 2.11. The fourth-order valence-electron chi connectivity index (χ4n) is 1.99. The van der Waals surface area contributed by atoms with Gasteiger partial charge in [-0.25, -0.2) is 0 Å². The first-order chi connectivity index (χ1) is 6.03. The SMILES string of the molecule is CC[C@@H]1OC(O)[C@@H]2OC(C)(C)O[C@H]12. The zero-order valence-electron chi connectivity index (χ0n) is 8.19. The predicted octanol–water partition coefficient (Wildman–Crippen LogP) is 0.634. The van der Waals surface area contributed by atoms with Crippen molar-refractivity contribution in [2.45, 2.75) is 57.6 Å². The summed E-state index contributed by atoms with van der Waals surface area (Å²) < 4.78 is 16.4. The largest absolute Gasteiger partial charge is 0.366 e. The van der Waals surface area contributed by atoms with Crippen molar-refractivity contribution in [1.82, 2.24) is 0 Å². The number of fused-ring (bicyclic) bond motifs is 1. The molecule has 1 N–H and O–H groups in total. The van der Waals surface area contributed by atoms with Crippen LogP contribution in [0.4, 0.5) is 0 Å². The highest BCUT2D eigenvalue weighted by Gasteiger charge is 2.54. The van der Waals surface area contributed by atoms with E-state index in [1.165, 1.54) is 0 Å². The van der Waals surface area contributed by atoms with Gasteiger partial charge in [-0.1, -0.05) is 6.92 Å². The Hall–Kier alpha value is -0.160. The van der Waals surface area contributed by atoms with Crippen LogP contribution >= 0.6 is 0 Å². The van der Waals surface area contributed by atoms with E-state index in [4.69, 9.17) is 14.2 Å². The van der Waals surface area contributed by atoms with Crippen molar-refractivity contribution < 1.29 is 19.3 Å². The first-order valence-corrected chi connectivity index (χ1v) is 4.72. The van der Waals surface area contributed by atoms with Gasteiger partial charge in [-0.15, -0.1) is 0 Å². The molecular formula is C9H16O4. The Morgan fingerprint density at radius 2 is 1.85 bits per heavy atom. The molecule has 0 aliphatic carbocycles. The number of ether oxygens (including phenoxy) is 3. The zero-order valence-corrected chi connectivity index (χ0v) is 8.19. The van der Waals surface area contributed by atoms with Gasteiger partial charge in [0, 0.05) is 0 Å². The van der Waals surface area contributed by atoms with Crippen molar-refractivity contribution >= 4 is 0 Å². The molecule has 2 rings (SSSR count). The van der Waals surface area contributed by atoms with E-state index >= 15 is 0 Å². The van der Waals surface area contributed by atoms with Crippen LogP contribution in [0.2, 0.25) is 0 Å². The summed E-state index contributed by atoms with van der Waals surface area (Å²) in [5.41, 5.74) is 0. The van der Waals surface area contributed by atoms with Crippen LogP contribution in [0.1, 0.15) is 27.2 Å². The minimum atomic E-state index is -0.836. The van der Waals surface area contributed by atoms with Gasteiger partial charge in [0.15, 0.2) is 12.1 Å². The molecular weight excluding hydrogens is 172 g/mol. The maximum Gasteiger partial charge on any atom is 0.184 e. The Labute approximate surface area is 77.8 Å². The van der Waals surface area contributed by atoms with E-state index in [9.17, 15) is 5.11 Å². The van der Waals surface area contributed by atoms with Crippen LogP contribution in [0.25, 0.3) is 0 Å². The molecule has 2 aliphatic rings. The molecule has 76 valence electrons. The molecule has 2 fully saturated rings. The maximum atomic E-state index is 9.51. The van der Waals surface area contributed by atoms with Gasteiger partial charge in [0.05, 0.1) is 6.10 Å². The fraction of sp³-hybridized carbons (Fsp3) is 1.00. The van der Waals surface area contributed by atoms with Crippen LogP contribution < -0.4 is 0 Å². The molecule has 2 heterocycles. The average Bonchev–Trinajstić information content (AvgIpc) is 2.47. The number of aliphatic hydroxyl groups is 1. The van der Waals surface area contributed by atoms with Gasteiger partial charge in [0.25, 0.3) is 0 Å². The lowest BCUT2D eigenvalue weighted by Crippen LogP contribution is -2.29.